The third-order valence-electron chi connectivity index (χ3n) is 3.49. The van der Waals surface area contributed by atoms with Gasteiger partial charge in [-0.15, -0.1) is 0 Å². The van der Waals surface area contributed by atoms with Gasteiger partial charge in [-0.05, 0) is 42.0 Å². The summed E-state index contributed by atoms with van der Waals surface area (Å²) in [7, 11) is 0. The number of anilines is 1. The highest BCUT2D eigenvalue weighted by molar-refractivity contribution is 6.02. The van der Waals surface area contributed by atoms with Crippen LogP contribution in [0, 0.1) is 0 Å². The number of nitrogens with one attached hydrogen (secondary N) is 1. The average molecular weight is 307 g/mol. The van der Waals surface area contributed by atoms with Crippen molar-refractivity contribution in [2.24, 2.45) is 0 Å². The fraction of sp³-hybridized carbons (Fsp3) is 0.0588. The highest BCUT2D eigenvalue weighted by atomic mass is 16.7. The van der Waals surface area contributed by atoms with E-state index in [1.54, 1.807) is 29.1 Å². The summed E-state index contributed by atoms with van der Waals surface area (Å²) in [6.07, 6.45) is 6.72. The first-order chi connectivity index (χ1) is 11.3. The number of aromatic nitrogens is 2. The lowest BCUT2D eigenvalue weighted by Crippen LogP contribution is -2.07. The molecular formula is C17H13N3O3. The van der Waals surface area contributed by atoms with E-state index in [0.717, 1.165) is 22.5 Å². The first-order valence-corrected chi connectivity index (χ1v) is 7.10. The molecule has 0 atom stereocenters. The number of carbonyl (C=O) groups excluding carboxylic acids is 1. The molecule has 1 aromatic carbocycles. The van der Waals surface area contributed by atoms with Crippen LogP contribution in [0.4, 0.5) is 5.69 Å². The molecule has 0 bridgehead atoms. The summed E-state index contributed by atoms with van der Waals surface area (Å²) in [5.74, 6) is 1.21. The number of carbonyl (C=O) groups is 1. The molecule has 0 fully saturated rings. The number of pyridine rings is 1. The summed E-state index contributed by atoms with van der Waals surface area (Å²) in [5.41, 5.74) is 2.51. The Balaban J connectivity index is 1.46. The van der Waals surface area contributed by atoms with Crippen molar-refractivity contribution in [1.82, 2.24) is 9.61 Å². The molecule has 3 heterocycles. The Hall–Kier alpha value is -3.28. The van der Waals surface area contributed by atoms with Crippen LogP contribution < -0.4 is 14.8 Å². The van der Waals surface area contributed by atoms with Gasteiger partial charge in [0, 0.05) is 24.2 Å². The number of benzene rings is 1. The molecule has 1 N–H and O–H groups in total. The van der Waals surface area contributed by atoms with Crippen LogP contribution in [0.3, 0.4) is 0 Å². The molecule has 1 amide bonds. The van der Waals surface area contributed by atoms with Crippen molar-refractivity contribution in [2.45, 2.75) is 0 Å². The largest absolute Gasteiger partial charge is 0.454 e. The van der Waals surface area contributed by atoms with Crippen molar-refractivity contribution < 1.29 is 14.3 Å². The number of hydrogen-bond acceptors (Lipinski definition) is 4. The smallest absolute Gasteiger partial charge is 0.248 e. The molecule has 0 saturated carbocycles. The van der Waals surface area contributed by atoms with Gasteiger partial charge in [0.2, 0.25) is 12.7 Å². The monoisotopic (exact) mass is 307 g/mol. The van der Waals surface area contributed by atoms with Crippen LogP contribution in [0.25, 0.3) is 11.6 Å². The maximum atomic E-state index is 12.0. The molecule has 2 aromatic heterocycles. The summed E-state index contributed by atoms with van der Waals surface area (Å²) >= 11 is 0. The predicted molar refractivity (Wildman–Crippen MR) is 85.4 cm³/mol. The highest BCUT2D eigenvalue weighted by Gasteiger charge is 2.12. The number of ether oxygens (including phenoxy) is 2. The molecule has 4 rings (SSSR count). The van der Waals surface area contributed by atoms with Crippen molar-refractivity contribution in [2.75, 3.05) is 12.1 Å². The summed E-state index contributed by atoms with van der Waals surface area (Å²) in [6, 6.07) is 11.1. The van der Waals surface area contributed by atoms with Crippen molar-refractivity contribution in [3.8, 4) is 11.5 Å². The van der Waals surface area contributed by atoms with Crippen LogP contribution >= 0.6 is 0 Å². The first-order valence-electron chi connectivity index (χ1n) is 7.10. The van der Waals surface area contributed by atoms with Gasteiger partial charge in [-0.2, -0.15) is 5.10 Å². The van der Waals surface area contributed by atoms with Gasteiger partial charge in [0.1, 0.15) is 0 Å². The quantitative estimate of drug-likeness (QED) is 0.756. The summed E-state index contributed by atoms with van der Waals surface area (Å²) in [6.45, 7) is 0.236. The maximum Gasteiger partial charge on any atom is 0.248 e. The molecule has 23 heavy (non-hydrogen) atoms. The molecule has 1 aliphatic rings. The van der Waals surface area contributed by atoms with Crippen molar-refractivity contribution in [3.05, 3.63) is 60.4 Å². The van der Waals surface area contributed by atoms with Gasteiger partial charge in [0.05, 0.1) is 5.52 Å². The summed E-state index contributed by atoms with van der Waals surface area (Å²) < 4.78 is 12.3. The Kier molecular flexibility index (Phi) is 3.20. The first kappa shape index (κ1) is 13.4. The molecule has 0 saturated heterocycles. The van der Waals surface area contributed by atoms with E-state index in [-0.39, 0.29) is 12.7 Å². The lowest BCUT2D eigenvalue weighted by Gasteiger charge is -2.03. The Labute approximate surface area is 131 Å². The molecule has 3 aromatic rings. The van der Waals surface area contributed by atoms with Crippen LogP contribution in [-0.4, -0.2) is 22.3 Å². The van der Waals surface area contributed by atoms with Gasteiger partial charge in [-0.25, -0.2) is 4.52 Å². The summed E-state index contributed by atoms with van der Waals surface area (Å²) in [4.78, 5) is 12.0. The molecule has 0 aliphatic carbocycles. The van der Waals surface area contributed by atoms with E-state index < -0.39 is 0 Å². The zero-order valence-electron chi connectivity index (χ0n) is 12.1. The molecule has 0 unspecified atom stereocenters. The zero-order chi connectivity index (χ0) is 15.6. The normalized spacial score (nSPS) is 12.9. The lowest BCUT2D eigenvalue weighted by atomic mass is 10.2. The summed E-state index contributed by atoms with van der Waals surface area (Å²) in [5, 5.41) is 6.94. The molecule has 0 spiro atoms. The van der Waals surface area contributed by atoms with Crippen LogP contribution in [0.1, 0.15) is 5.56 Å². The van der Waals surface area contributed by atoms with Gasteiger partial charge in [-0.1, -0.05) is 6.07 Å². The molecule has 6 nitrogen and oxygen atoms in total. The van der Waals surface area contributed by atoms with Gasteiger partial charge >= 0.3 is 0 Å². The standard InChI is InChI=1S/C17H13N3O3/c21-17(19-13-6-8-20-14(10-13)5-7-18-20)4-2-12-1-3-15-16(9-12)23-11-22-15/h1-10H,11H2,(H,19,21)/b4-2+. The minimum Gasteiger partial charge on any atom is -0.454 e. The van der Waals surface area contributed by atoms with Crippen molar-refractivity contribution in [3.63, 3.8) is 0 Å². The number of fused-ring (bicyclic) bond motifs is 2. The highest BCUT2D eigenvalue weighted by Crippen LogP contribution is 2.32. The van der Waals surface area contributed by atoms with E-state index in [9.17, 15) is 4.79 Å². The molecular weight excluding hydrogens is 294 g/mol. The third kappa shape index (κ3) is 2.74. The van der Waals surface area contributed by atoms with Crippen molar-refractivity contribution in [1.29, 1.82) is 0 Å². The number of nitrogens with zero attached hydrogens (tertiary/aromatic N) is 2. The molecule has 1 aliphatic heterocycles. The second kappa shape index (κ2) is 5.49. The van der Waals surface area contributed by atoms with Gasteiger partial charge in [0.25, 0.3) is 0 Å². The van der Waals surface area contributed by atoms with E-state index >= 15 is 0 Å². The maximum absolute atomic E-state index is 12.0. The van der Waals surface area contributed by atoms with Crippen LogP contribution in [0.15, 0.2) is 54.9 Å². The zero-order valence-corrected chi connectivity index (χ0v) is 12.1. The fourth-order valence-electron chi connectivity index (χ4n) is 2.37. The Morgan fingerprint density at radius 2 is 2.09 bits per heavy atom. The van der Waals surface area contributed by atoms with E-state index in [1.807, 2.05) is 30.3 Å². The average Bonchev–Trinajstić information content (AvgIpc) is 3.20. The second-order valence-corrected chi connectivity index (χ2v) is 5.05. The minimum atomic E-state index is -0.202. The van der Waals surface area contributed by atoms with E-state index in [0.29, 0.717) is 5.75 Å². The van der Waals surface area contributed by atoms with Crippen LogP contribution in [-0.2, 0) is 4.79 Å². The van der Waals surface area contributed by atoms with Crippen LogP contribution in [0.2, 0.25) is 0 Å². The topological polar surface area (TPSA) is 64.9 Å². The Morgan fingerprint density at radius 1 is 1.17 bits per heavy atom. The SMILES string of the molecule is O=C(/C=C/c1ccc2c(c1)OCO2)Nc1ccn2nccc2c1. The second-order valence-electron chi connectivity index (χ2n) is 5.05. The molecule has 6 heteroatoms. The molecule has 114 valence electrons. The number of amides is 1. The van der Waals surface area contributed by atoms with Gasteiger partial charge in [-0.3, -0.25) is 4.79 Å². The fourth-order valence-corrected chi connectivity index (χ4v) is 2.37. The lowest BCUT2D eigenvalue weighted by molar-refractivity contribution is -0.111. The van der Waals surface area contributed by atoms with E-state index in [4.69, 9.17) is 9.47 Å². The Bertz CT molecular complexity index is 914. The van der Waals surface area contributed by atoms with E-state index in [1.165, 1.54) is 6.08 Å². The molecule has 0 radical (unpaired) electrons. The minimum absolute atomic E-state index is 0.202. The van der Waals surface area contributed by atoms with E-state index in [2.05, 4.69) is 10.4 Å². The number of rotatable bonds is 3. The Morgan fingerprint density at radius 3 is 3.04 bits per heavy atom. The third-order valence-corrected chi connectivity index (χ3v) is 3.49. The van der Waals surface area contributed by atoms with Gasteiger partial charge in [0.15, 0.2) is 11.5 Å². The number of hydrogen-bond donors (Lipinski definition) is 1. The predicted octanol–water partition coefficient (Wildman–Crippen LogP) is 2.71. The van der Waals surface area contributed by atoms with Gasteiger partial charge < -0.3 is 14.8 Å². The van der Waals surface area contributed by atoms with Crippen molar-refractivity contribution >= 4 is 23.2 Å². The van der Waals surface area contributed by atoms with Crippen LogP contribution in [0.5, 0.6) is 11.5 Å².